The summed E-state index contributed by atoms with van der Waals surface area (Å²) in [4.78, 5) is 57.2. The standard InChI is InChI=1S/C39H55N3O6/c1-11-13-14-20-25-42(35(44)32(27(3)4)41-37(46)48-39(8,9)10)33(30-24-19-18-23-29(30)12-2)34(43)40-31(36(45)47-38(5,6)7)26-28-21-16-15-17-22-28/h2,15-19,21-24,27,31-33H,11,13-14,20,25-26H2,1,3-10H3,(H,40,43)(H,41,46). The minimum absolute atomic E-state index is 0.171. The van der Waals surface area contributed by atoms with Crippen LogP contribution in [-0.2, 0) is 30.3 Å². The summed E-state index contributed by atoms with van der Waals surface area (Å²) in [5, 5.41) is 5.67. The highest BCUT2D eigenvalue weighted by atomic mass is 16.6. The lowest BCUT2D eigenvalue weighted by Crippen LogP contribution is -2.56. The molecule has 0 aliphatic carbocycles. The number of alkyl carbamates (subject to hydrolysis) is 1. The summed E-state index contributed by atoms with van der Waals surface area (Å²) in [7, 11) is 0. The molecule has 0 heterocycles. The lowest BCUT2D eigenvalue weighted by atomic mass is 9.95. The van der Waals surface area contributed by atoms with E-state index < -0.39 is 53.2 Å². The van der Waals surface area contributed by atoms with Gasteiger partial charge in [0.15, 0.2) is 0 Å². The van der Waals surface area contributed by atoms with E-state index in [-0.39, 0.29) is 18.9 Å². The molecule has 0 aromatic heterocycles. The fraction of sp³-hybridized carbons (Fsp3) is 0.538. The zero-order valence-corrected chi connectivity index (χ0v) is 30.2. The summed E-state index contributed by atoms with van der Waals surface area (Å²) in [6.45, 7) is 16.5. The number of carbonyl (C=O) groups is 4. The molecular formula is C39H55N3O6. The number of hydrogen-bond donors (Lipinski definition) is 2. The topological polar surface area (TPSA) is 114 Å². The number of rotatable bonds is 15. The van der Waals surface area contributed by atoms with E-state index in [0.29, 0.717) is 17.5 Å². The summed E-state index contributed by atoms with van der Waals surface area (Å²) in [6.07, 6.45) is 8.72. The Morgan fingerprint density at radius 3 is 2.00 bits per heavy atom. The van der Waals surface area contributed by atoms with Gasteiger partial charge in [0, 0.05) is 18.5 Å². The maximum absolute atomic E-state index is 14.6. The molecule has 0 bridgehead atoms. The van der Waals surface area contributed by atoms with E-state index in [1.54, 1.807) is 65.8 Å². The van der Waals surface area contributed by atoms with Crippen LogP contribution < -0.4 is 10.6 Å². The number of nitrogens with zero attached hydrogens (tertiary/aromatic N) is 1. The number of benzene rings is 2. The minimum Gasteiger partial charge on any atom is -0.458 e. The SMILES string of the molecule is C#Cc1ccccc1C(C(=O)NC(Cc1ccccc1)C(=O)OC(C)(C)C)N(CCCCCC)C(=O)C(NC(=O)OC(C)(C)C)C(C)C. The average Bonchev–Trinajstić information content (AvgIpc) is 2.99. The first-order valence-corrected chi connectivity index (χ1v) is 16.9. The van der Waals surface area contributed by atoms with Crippen LogP contribution in [0.1, 0.15) is 111 Å². The predicted molar refractivity (Wildman–Crippen MR) is 189 cm³/mol. The number of carbonyl (C=O) groups excluding carboxylic acids is 4. The van der Waals surface area contributed by atoms with Gasteiger partial charge in [-0.25, -0.2) is 9.59 Å². The van der Waals surface area contributed by atoms with Crippen LogP contribution in [0.4, 0.5) is 4.79 Å². The van der Waals surface area contributed by atoms with Gasteiger partial charge in [-0.15, -0.1) is 6.42 Å². The number of terminal acetylenes is 1. The monoisotopic (exact) mass is 661 g/mol. The fourth-order valence-corrected chi connectivity index (χ4v) is 5.19. The Kier molecular flexibility index (Phi) is 15.2. The summed E-state index contributed by atoms with van der Waals surface area (Å²) in [5.74, 6) is 0.661. The first kappa shape index (κ1) is 39.9. The van der Waals surface area contributed by atoms with Crippen molar-refractivity contribution in [3.63, 3.8) is 0 Å². The Hall–Kier alpha value is -4.32. The number of ether oxygens (including phenoxy) is 2. The van der Waals surface area contributed by atoms with Gasteiger partial charge in [-0.1, -0.05) is 94.5 Å². The first-order chi connectivity index (χ1) is 22.5. The second-order valence-electron chi connectivity index (χ2n) is 14.4. The van der Waals surface area contributed by atoms with Crippen molar-refractivity contribution in [1.82, 2.24) is 15.5 Å². The van der Waals surface area contributed by atoms with Crippen LogP contribution in [0, 0.1) is 18.3 Å². The van der Waals surface area contributed by atoms with E-state index in [2.05, 4.69) is 23.5 Å². The zero-order valence-electron chi connectivity index (χ0n) is 30.2. The smallest absolute Gasteiger partial charge is 0.408 e. The Morgan fingerprint density at radius 1 is 0.833 bits per heavy atom. The van der Waals surface area contributed by atoms with Crippen LogP contribution in [0.25, 0.3) is 0 Å². The lowest BCUT2D eigenvalue weighted by Gasteiger charge is -2.36. The molecule has 0 aliphatic heterocycles. The van der Waals surface area contributed by atoms with Crippen LogP contribution in [0.15, 0.2) is 54.6 Å². The van der Waals surface area contributed by atoms with Crippen LogP contribution in [0.3, 0.4) is 0 Å². The third-order valence-electron chi connectivity index (χ3n) is 7.40. The van der Waals surface area contributed by atoms with E-state index >= 15 is 0 Å². The molecular weight excluding hydrogens is 606 g/mol. The van der Waals surface area contributed by atoms with Gasteiger partial charge in [0.25, 0.3) is 0 Å². The highest BCUT2D eigenvalue weighted by Crippen LogP contribution is 2.28. The quantitative estimate of drug-likeness (QED) is 0.124. The molecule has 48 heavy (non-hydrogen) atoms. The van der Waals surface area contributed by atoms with Crippen LogP contribution >= 0.6 is 0 Å². The molecule has 2 aromatic carbocycles. The molecule has 3 amide bonds. The van der Waals surface area contributed by atoms with E-state index in [1.807, 2.05) is 44.2 Å². The molecule has 2 rings (SSSR count). The highest BCUT2D eigenvalue weighted by molar-refractivity contribution is 5.94. The second kappa shape index (κ2) is 18.3. The number of esters is 1. The number of amides is 3. The molecule has 0 spiro atoms. The molecule has 0 saturated heterocycles. The van der Waals surface area contributed by atoms with Crippen LogP contribution in [0.2, 0.25) is 0 Å². The first-order valence-electron chi connectivity index (χ1n) is 16.9. The predicted octanol–water partition coefficient (Wildman–Crippen LogP) is 6.74. The van der Waals surface area contributed by atoms with Gasteiger partial charge in [0.1, 0.15) is 29.3 Å². The highest BCUT2D eigenvalue weighted by Gasteiger charge is 2.39. The Balaban J connectivity index is 2.68. The fourth-order valence-electron chi connectivity index (χ4n) is 5.19. The zero-order chi connectivity index (χ0) is 36.1. The van der Waals surface area contributed by atoms with Gasteiger partial charge in [0.2, 0.25) is 11.8 Å². The van der Waals surface area contributed by atoms with Crippen molar-refractivity contribution in [3.8, 4) is 12.3 Å². The number of nitrogens with one attached hydrogen (secondary N) is 2. The lowest BCUT2D eigenvalue weighted by molar-refractivity contribution is -0.159. The molecule has 0 aliphatic rings. The Morgan fingerprint density at radius 2 is 1.44 bits per heavy atom. The Labute approximate surface area is 287 Å². The van der Waals surface area contributed by atoms with Crippen LogP contribution in [0.5, 0.6) is 0 Å². The van der Waals surface area contributed by atoms with Crippen molar-refractivity contribution in [3.05, 3.63) is 71.3 Å². The van der Waals surface area contributed by atoms with E-state index in [9.17, 15) is 19.2 Å². The van der Waals surface area contributed by atoms with Gasteiger partial charge in [-0.2, -0.15) is 0 Å². The molecule has 0 fully saturated rings. The van der Waals surface area contributed by atoms with Gasteiger partial charge in [-0.3, -0.25) is 9.59 Å². The van der Waals surface area contributed by atoms with Gasteiger partial charge in [-0.05, 0) is 71.1 Å². The third-order valence-corrected chi connectivity index (χ3v) is 7.40. The molecule has 3 atom stereocenters. The molecule has 0 saturated carbocycles. The van der Waals surface area contributed by atoms with Crippen molar-refractivity contribution in [2.75, 3.05) is 6.54 Å². The average molecular weight is 662 g/mol. The summed E-state index contributed by atoms with van der Waals surface area (Å²) < 4.78 is 11.2. The maximum Gasteiger partial charge on any atom is 0.408 e. The van der Waals surface area contributed by atoms with Crippen LogP contribution in [-0.4, -0.2) is 58.6 Å². The van der Waals surface area contributed by atoms with Crippen molar-refractivity contribution >= 4 is 23.9 Å². The van der Waals surface area contributed by atoms with Gasteiger partial charge >= 0.3 is 12.1 Å². The maximum atomic E-state index is 14.6. The summed E-state index contributed by atoms with van der Waals surface area (Å²) >= 11 is 0. The molecule has 3 unspecified atom stereocenters. The molecule has 2 N–H and O–H groups in total. The molecule has 9 nitrogen and oxygen atoms in total. The summed E-state index contributed by atoms with van der Waals surface area (Å²) in [5.41, 5.74) is 0.109. The molecule has 262 valence electrons. The molecule has 9 heteroatoms. The largest absolute Gasteiger partial charge is 0.458 e. The molecule has 2 aromatic rings. The number of unbranched alkanes of at least 4 members (excludes halogenated alkanes) is 3. The van der Waals surface area contributed by atoms with Crippen molar-refractivity contribution in [2.24, 2.45) is 5.92 Å². The third kappa shape index (κ3) is 13.1. The molecule has 0 radical (unpaired) electrons. The van der Waals surface area contributed by atoms with Crippen molar-refractivity contribution in [1.29, 1.82) is 0 Å². The van der Waals surface area contributed by atoms with Crippen molar-refractivity contribution in [2.45, 2.75) is 124 Å². The number of hydrogen-bond acceptors (Lipinski definition) is 6. The van der Waals surface area contributed by atoms with E-state index in [1.165, 1.54) is 4.90 Å². The summed E-state index contributed by atoms with van der Waals surface area (Å²) in [6, 6.07) is 13.0. The van der Waals surface area contributed by atoms with E-state index in [0.717, 1.165) is 24.8 Å². The minimum atomic E-state index is -1.21. The Bertz CT molecular complexity index is 1400. The second-order valence-corrected chi connectivity index (χ2v) is 14.4. The van der Waals surface area contributed by atoms with Gasteiger partial charge < -0.3 is 25.0 Å². The van der Waals surface area contributed by atoms with Gasteiger partial charge in [0.05, 0.1) is 0 Å². The van der Waals surface area contributed by atoms with Crippen molar-refractivity contribution < 1.29 is 28.7 Å². The van der Waals surface area contributed by atoms with E-state index in [4.69, 9.17) is 15.9 Å². The normalized spacial score (nSPS) is 13.4.